The molecular weight excluding hydrogens is 438 g/mol. The summed E-state index contributed by atoms with van der Waals surface area (Å²) in [6.45, 7) is 2.71. The van der Waals surface area contributed by atoms with E-state index in [-0.39, 0.29) is 23.1 Å². The van der Waals surface area contributed by atoms with Gasteiger partial charge in [-0.1, -0.05) is 48.5 Å². The fraction of sp³-hybridized carbons (Fsp3) is 0.240. The molecule has 7 nitrogen and oxygen atoms in total. The van der Waals surface area contributed by atoms with Gasteiger partial charge in [0.05, 0.1) is 7.11 Å². The molecule has 8 heteroatoms. The van der Waals surface area contributed by atoms with Crippen LogP contribution in [0, 0.1) is 0 Å². The van der Waals surface area contributed by atoms with Gasteiger partial charge in [-0.3, -0.25) is 4.79 Å². The van der Waals surface area contributed by atoms with Gasteiger partial charge in [0, 0.05) is 44.0 Å². The van der Waals surface area contributed by atoms with Crippen molar-refractivity contribution in [1.29, 1.82) is 0 Å². The van der Waals surface area contributed by atoms with Gasteiger partial charge in [0.2, 0.25) is 10.0 Å². The topological polar surface area (TPSA) is 79.0 Å². The molecule has 1 saturated heterocycles. The van der Waals surface area contributed by atoms with Gasteiger partial charge in [0.15, 0.2) is 0 Å². The molecule has 3 aromatic rings. The summed E-state index contributed by atoms with van der Waals surface area (Å²) in [5, 5.41) is 0. The van der Waals surface area contributed by atoms with Crippen LogP contribution >= 0.6 is 0 Å². The Morgan fingerprint density at radius 1 is 0.909 bits per heavy atom. The highest BCUT2D eigenvalue weighted by atomic mass is 32.2. The molecule has 0 saturated carbocycles. The molecule has 1 amide bonds. The molecular formula is C25H27N3O4S. The van der Waals surface area contributed by atoms with Gasteiger partial charge in [-0.05, 0) is 35.9 Å². The Morgan fingerprint density at radius 2 is 1.55 bits per heavy atom. The zero-order chi connectivity index (χ0) is 23.3. The van der Waals surface area contributed by atoms with Crippen LogP contribution in [0.2, 0.25) is 0 Å². The molecule has 0 aromatic heterocycles. The van der Waals surface area contributed by atoms with Crippen molar-refractivity contribution in [1.82, 2.24) is 9.62 Å². The van der Waals surface area contributed by atoms with Crippen molar-refractivity contribution in [2.24, 2.45) is 0 Å². The molecule has 1 N–H and O–H groups in total. The van der Waals surface area contributed by atoms with Crippen LogP contribution in [0.25, 0.3) is 0 Å². The van der Waals surface area contributed by atoms with Crippen LogP contribution in [0.15, 0.2) is 83.8 Å². The number of methoxy groups -OCH3 is 1. The van der Waals surface area contributed by atoms with E-state index in [1.54, 1.807) is 11.0 Å². The van der Waals surface area contributed by atoms with E-state index in [9.17, 15) is 13.2 Å². The SMILES string of the molecule is COc1ccc(C(=O)N2CCN(c3ccccc3)CC2)cc1S(=O)(=O)NCc1ccccc1. The monoisotopic (exact) mass is 465 g/mol. The summed E-state index contributed by atoms with van der Waals surface area (Å²) in [6.07, 6.45) is 0. The van der Waals surface area contributed by atoms with Crippen LogP contribution < -0.4 is 14.4 Å². The van der Waals surface area contributed by atoms with E-state index in [0.29, 0.717) is 18.7 Å². The molecule has 0 unspecified atom stereocenters. The first-order valence-electron chi connectivity index (χ1n) is 10.8. The van der Waals surface area contributed by atoms with E-state index in [4.69, 9.17) is 4.74 Å². The third-order valence-corrected chi connectivity index (χ3v) is 7.12. The summed E-state index contributed by atoms with van der Waals surface area (Å²) < 4.78 is 33.9. The number of carbonyl (C=O) groups excluding carboxylic acids is 1. The molecule has 1 aliphatic rings. The lowest BCUT2D eigenvalue weighted by Crippen LogP contribution is -2.48. The van der Waals surface area contributed by atoms with Crippen molar-refractivity contribution < 1.29 is 17.9 Å². The number of sulfonamides is 1. The fourth-order valence-corrected chi connectivity index (χ4v) is 5.07. The number of anilines is 1. The summed E-state index contributed by atoms with van der Waals surface area (Å²) in [4.78, 5) is 17.1. The number of piperazine rings is 1. The van der Waals surface area contributed by atoms with E-state index in [1.165, 1.54) is 19.2 Å². The van der Waals surface area contributed by atoms with Crippen molar-refractivity contribution in [3.05, 3.63) is 90.0 Å². The molecule has 33 heavy (non-hydrogen) atoms. The van der Waals surface area contributed by atoms with Crippen molar-refractivity contribution in [2.45, 2.75) is 11.4 Å². The minimum absolute atomic E-state index is 0.0466. The Bertz CT molecular complexity index is 1190. The van der Waals surface area contributed by atoms with E-state index >= 15 is 0 Å². The molecule has 0 bridgehead atoms. The molecule has 1 aliphatic heterocycles. The Labute approximate surface area is 194 Å². The van der Waals surface area contributed by atoms with Crippen LogP contribution in [0.1, 0.15) is 15.9 Å². The lowest BCUT2D eigenvalue weighted by atomic mass is 10.1. The molecule has 0 aliphatic carbocycles. The van der Waals surface area contributed by atoms with Crippen LogP contribution in [-0.4, -0.2) is 52.5 Å². The van der Waals surface area contributed by atoms with Crippen molar-refractivity contribution >= 4 is 21.6 Å². The van der Waals surface area contributed by atoms with Crippen LogP contribution in [0.4, 0.5) is 5.69 Å². The summed E-state index contributed by atoms with van der Waals surface area (Å²) in [7, 11) is -2.47. The van der Waals surface area contributed by atoms with Crippen LogP contribution in [-0.2, 0) is 16.6 Å². The largest absolute Gasteiger partial charge is 0.495 e. The third kappa shape index (κ3) is 5.35. The second-order valence-electron chi connectivity index (χ2n) is 7.79. The predicted molar refractivity (Wildman–Crippen MR) is 128 cm³/mol. The number of carbonyl (C=O) groups is 1. The average Bonchev–Trinajstić information content (AvgIpc) is 2.88. The standard InChI is InChI=1S/C25H27N3O4S/c1-32-23-13-12-21(18-24(23)33(30,31)26-19-20-8-4-2-5-9-20)25(29)28-16-14-27(15-17-28)22-10-6-3-7-11-22/h2-13,18,26H,14-17,19H2,1H3. The number of rotatable bonds is 7. The summed E-state index contributed by atoms with van der Waals surface area (Å²) in [6, 6.07) is 23.9. The Kier molecular flexibility index (Phi) is 6.96. The van der Waals surface area contributed by atoms with E-state index in [1.807, 2.05) is 48.5 Å². The van der Waals surface area contributed by atoms with Crippen molar-refractivity contribution in [3.8, 4) is 5.75 Å². The second-order valence-corrected chi connectivity index (χ2v) is 9.53. The minimum atomic E-state index is -3.89. The minimum Gasteiger partial charge on any atom is -0.495 e. The van der Waals surface area contributed by atoms with Crippen molar-refractivity contribution in [2.75, 3.05) is 38.2 Å². The third-order valence-electron chi connectivity index (χ3n) is 5.70. The first-order chi connectivity index (χ1) is 16.0. The lowest BCUT2D eigenvalue weighted by Gasteiger charge is -2.36. The molecule has 0 atom stereocenters. The molecule has 4 rings (SSSR count). The highest BCUT2D eigenvalue weighted by molar-refractivity contribution is 7.89. The molecule has 3 aromatic carbocycles. The van der Waals surface area contributed by atoms with Gasteiger partial charge < -0.3 is 14.5 Å². The summed E-state index contributed by atoms with van der Waals surface area (Å²) >= 11 is 0. The molecule has 0 radical (unpaired) electrons. The number of para-hydroxylation sites is 1. The Hall–Kier alpha value is -3.36. The van der Waals surface area contributed by atoms with Gasteiger partial charge in [-0.2, -0.15) is 0 Å². The van der Waals surface area contributed by atoms with Gasteiger partial charge in [-0.15, -0.1) is 0 Å². The summed E-state index contributed by atoms with van der Waals surface area (Å²) in [5.74, 6) is 0.00545. The van der Waals surface area contributed by atoms with Gasteiger partial charge in [0.25, 0.3) is 5.91 Å². The smallest absolute Gasteiger partial charge is 0.254 e. The van der Waals surface area contributed by atoms with Gasteiger partial charge in [-0.25, -0.2) is 13.1 Å². The Morgan fingerprint density at radius 3 is 2.18 bits per heavy atom. The van der Waals surface area contributed by atoms with E-state index in [0.717, 1.165) is 24.3 Å². The normalized spacial score (nSPS) is 14.2. The highest BCUT2D eigenvalue weighted by Crippen LogP contribution is 2.26. The number of hydrogen-bond acceptors (Lipinski definition) is 5. The molecule has 0 spiro atoms. The average molecular weight is 466 g/mol. The van der Waals surface area contributed by atoms with E-state index in [2.05, 4.69) is 21.8 Å². The second kappa shape index (κ2) is 10.1. The van der Waals surface area contributed by atoms with E-state index < -0.39 is 10.0 Å². The molecule has 172 valence electrons. The zero-order valence-corrected chi connectivity index (χ0v) is 19.3. The Balaban J connectivity index is 1.48. The number of amides is 1. The fourth-order valence-electron chi connectivity index (χ4n) is 3.86. The molecule has 1 heterocycles. The highest BCUT2D eigenvalue weighted by Gasteiger charge is 2.26. The number of ether oxygens (including phenoxy) is 1. The zero-order valence-electron chi connectivity index (χ0n) is 18.5. The molecule has 1 fully saturated rings. The number of hydrogen-bond donors (Lipinski definition) is 1. The van der Waals surface area contributed by atoms with Gasteiger partial charge >= 0.3 is 0 Å². The maximum absolute atomic E-state index is 13.2. The first kappa shape index (κ1) is 22.8. The quantitative estimate of drug-likeness (QED) is 0.580. The maximum atomic E-state index is 13.2. The number of benzene rings is 3. The van der Waals surface area contributed by atoms with Crippen molar-refractivity contribution in [3.63, 3.8) is 0 Å². The first-order valence-corrected chi connectivity index (χ1v) is 12.3. The summed E-state index contributed by atoms with van der Waals surface area (Å²) in [5.41, 5.74) is 2.29. The van der Waals surface area contributed by atoms with Gasteiger partial charge in [0.1, 0.15) is 10.6 Å². The van der Waals surface area contributed by atoms with Crippen LogP contribution in [0.5, 0.6) is 5.75 Å². The lowest BCUT2D eigenvalue weighted by molar-refractivity contribution is 0.0746. The van der Waals surface area contributed by atoms with Crippen LogP contribution in [0.3, 0.4) is 0 Å². The predicted octanol–water partition coefficient (Wildman–Crippen LogP) is 3.14. The maximum Gasteiger partial charge on any atom is 0.254 e. The number of nitrogens with one attached hydrogen (secondary N) is 1. The number of nitrogens with zero attached hydrogens (tertiary/aromatic N) is 2.